The molecule has 0 aliphatic heterocycles. The number of aromatic nitrogens is 2. The van der Waals surface area contributed by atoms with Crippen LogP contribution in [-0.4, -0.2) is 9.97 Å². The first-order valence-electron chi connectivity index (χ1n) is 9.24. The predicted octanol–water partition coefficient (Wildman–Crippen LogP) is 7.22. The fourth-order valence-electron chi connectivity index (χ4n) is 3.29. The van der Waals surface area contributed by atoms with Crippen molar-refractivity contribution in [2.45, 2.75) is 37.5 Å². The molecule has 4 aromatic rings. The van der Waals surface area contributed by atoms with Crippen LogP contribution < -0.4 is 0 Å². The molecule has 0 aliphatic carbocycles. The molecule has 2 aromatic carbocycles. The molecule has 0 fully saturated rings. The van der Waals surface area contributed by atoms with Crippen molar-refractivity contribution in [1.82, 2.24) is 9.97 Å². The van der Waals surface area contributed by atoms with Crippen LogP contribution in [0.4, 0.5) is 4.39 Å². The number of hydrogen-bond acceptors (Lipinski definition) is 4. The molecule has 28 heavy (non-hydrogen) atoms. The molecule has 0 amide bonds. The Balaban J connectivity index is 1.74. The molecular formula is C23H21FN2S2. The maximum atomic E-state index is 13.5. The summed E-state index contributed by atoms with van der Waals surface area (Å²) >= 11 is 3.33. The molecule has 0 bridgehead atoms. The molecule has 2 heterocycles. The maximum absolute atomic E-state index is 13.5. The van der Waals surface area contributed by atoms with Crippen LogP contribution in [0.1, 0.15) is 35.8 Å². The number of nitrogens with zero attached hydrogens (tertiary/aromatic N) is 2. The number of aryl methyl sites for hydroxylation is 1. The van der Waals surface area contributed by atoms with Gasteiger partial charge in [0, 0.05) is 16.2 Å². The standard InChI is InChI=1S/C23H21FN2S2/c1-14(2)17-7-9-18(10-8-17)20-15(3)28-23-21(20)22(25-13-26-23)27-12-16-5-4-6-19(24)11-16/h4-11,13-14H,12H2,1-3H3. The molecule has 0 aliphatic rings. The van der Waals surface area contributed by atoms with Gasteiger partial charge < -0.3 is 0 Å². The number of halogens is 1. The monoisotopic (exact) mass is 408 g/mol. The van der Waals surface area contributed by atoms with E-state index in [2.05, 4.69) is 55.0 Å². The van der Waals surface area contributed by atoms with E-state index in [1.165, 1.54) is 27.6 Å². The van der Waals surface area contributed by atoms with E-state index in [1.807, 2.05) is 6.07 Å². The molecule has 4 rings (SSSR count). The molecule has 0 atom stereocenters. The lowest BCUT2D eigenvalue weighted by Gasteiger charge is -2.09. The SMILES string of the molecule is Cc1sc2ncnc(SCc3cccc(F)c3)c2c1-c1ccc(C(C)C)cc1. The van der Waals surface area contributed by atoms with Crippen molar-refractivity contribution in [1.29, 1.82) is 0 Å². The van der Waals surface area contributed by atoms with Gasteiger partial charge in [-0.1, -0.05) is 50.2 Å². The predicted molar refractivity (Wildman–Crippen MR) is 118 cm³/mol. The Kier molecular flexibility index (Phi) is 5.47. The minimum absolute atomic E-state index is 0.205. The minimum Gasteiger partial charge on any atom is -0.229 e. The fourth-order valence-corrected chi connectivity index (χ4v) is 5.31. The summed E-state index contributed by atoms with van der Waals surface area (Å²) < 4.78 is 13.5. The summed E-state index contributed by atoms with van der Waals surface area (Å²) in [6.07, 6.45) is 1.62. The van der Waals surface area contributed by atoms with Gasteiger partial charge in [0.1, 0.15) is 22.0 Å². The topological polar surface area (TPSA) is 25.8 Å². The number of hydrogen-bond donors (Lipinski definition) is 0. The number of thioether (sulfide) groups is 1. The summed E-state index contributed by atoms with van der Waals surface area (Å²) in [5, 5.41) is 2.05. The first kappa shape index (κ1) is 19.1. The Labute approximate surface area is 172 Å². The third kappa shape index (κ3) is 3.82. The van der Waals surface area contributed by atoms with Gasteiger partial charge in [0.15, 0.2) is 0 Å². The molecule has 0 saturated carbocycles. The summed E-state index contributed by atoms with van der Waals surface area (Å²) in [7, 11) is 0. The molecule has 2 aromatic heterocycles. The molecule has 0 radical (unpaired) electrons. The van der Waals surface area contributed by atoms with Gasteiger partial charge in [-0.15, -0.1) is 23.1 Å². The summed E-state index contributed by atoms with van der Waals surface area (Å²) in [5.74, 6) is 0.975. The third-order valence-electron chi connectivity index (χ3n) is 4.76. The summed E-state index contributed by atoms with van der Waals surface area (Å²) in [6, 6.07) is 15.5. The van der Waals surface area contributed by atoms with Gasteiger partial charge in [0.05, 0.1) is 5.39 Å². The van der Waals surface area contributed by atoms with Crippen molar-refractivity contribution in [2.24, 2.45) is 0 Å². The van der Waals surface area contributed by atoms with Crippen LogP contribution in [0.25, 0.3) is 21.3 Å². The van der Waals surface area contributed by atoms with Crippen molar-refractivity contribution in [3.63, 3.8) is 0 Å². The van der Waals surface area contributed by atoms with Crippen LogP contribution in [-0.2, 0) is 5.75 Å². The molecule has 0 unspecified atom stereocenters. The molecule has 0 spiro atoms. The Morgan fingerprint density at radius 3 is 2.57 bits per heavy atom. The van der Waals surface area contributed by atoms with Crippen LogP contribution >= 0.6 is 23.1 Å². The average Bonchev–Trinajstić information content (AvgIpc) is 3.03. The van der Waals surface area contributed by atoms with Gasteiger partial charge in [-0.3, -0.25) is 0 Å². The summed E-state index contributed by atoms with van der Waals surface area (Å²) in [6.45, 7) is 6.55. The maximum Gasteiger partial charge on any atom is 0.128 e. The molecule has 2 nitrogen and oxygen atoms in total. The van der Waals surface area contributed by atoms with Crippen LogP contribution in [0.3, 0.4) is 0 Å². The van der Waals surface area contributed by atoms with Crippen molar-refractivity contribution < 1.29 is 4.39 Å². The van der Waals surface area contributed by atoms with E-state index in [9.17, 15) is 4.39 Å². The van der Waals surface area contributed by atoms with Gasteiger partial charge >= 0.3 is 0 Å². The van der Waals surface area contributed by atoms with Gasteiger partial charge in [-0.05, 0) is 41.7 Å². The lowest BCUT2D eigenvalue weighted by atomic mass is 9.98. The summed E-state index contributed by atoms with van der Waals surface area (Å²) in [5.41, 5.74) is 4.68. The van der Waals surface area contributed by atoms with Gasteiger partial charge in [0.2, 0.25) is 0 Å². The minimum atomic E-state index is -0.205. The number of fused-ring (bicyclic) bond motifs is 1. The second-order valence-electron chi connectivity index (χ2n) is 7.09. The lowest BCUT2D eigenvalue weighted by molar-refractivity contribution is 0.626. The van der Waals surface area contributed by atoms with E-state index >= 15 is 0 Å². The van der Waals surface area contributed by atoms with E-state index in [-0.39, 0.29) is 5.82 Å². The Morgan fingerprint density at radius 2 is 1.86 bits per heavy atom. The van der Waals surface area contributed by atoms with Gasteiger partial charge in [-0.2, -0.15) is 0 Å². The van der Waals surface area contributed by atoms with E-state index < -0.39 is 0 Å². The highest BCUT2D eigenvalue weighted by molar-refractivity contribution is 7.98. The van der Waals surface area contributed by atoms with Gasteiger partial charge in [-0.25, -0.2) is 14.4 Å². The largest absolute Gasteiger partial charge is 0.229 e. The van der Waals surface area contributed by atoms with E-state index in [4.69, 9.17) is 0 Å². The Morgan fingerprint density at radius 1 is 1.07 bits per heavy atom. The normalized spacial score (nSPS) is 11.5. The smallest absolute Gasteiger partial charge is 0.128 e. The number of thiophene rings is 1. The van der Waals surface area contributed by atoms with E-state index in [1.54, 1.807) is 41.6 Å². The van der Waals surface area contributed by atoms with E-state index in [0.29, 0.717) is 11.7 Å². The van der Waals surface area contributed by atoms with Crippen LogP contribution in [0, 0.1) is 12.7 Å². The first-order chi connectivity index (χ1) is 13.5. The van der Waals surface area contributed by atoms with Crippen molar-refractivity contribution in [3.05, 3.63) is 76.7 Å². The van der Waals surface area contributed by atoms with Crippen molar-refractivity contribution in [3.8, 4) is 11.1 Å². The molecule has 0 saturated heterocycles. The highest BCUT2D eigenvalue weighted by Crippen LogP contribution is 2.42. The number of benzene rings is 2. The van der Waals surface area contributed by atoms with E-state index in [0.717, 1.165) is 20.8 Å². The Hall–Kier alpha value is -2.24. The van der Waals surface area contributed by atoms with Crippen LogP contribution in [0.2, 0.25) is 0 Å². The number of rotatable bonds is 5. The summed E-state index contributed by atoms with van der Waals surface area (Å²) in [4.78, 5) is 11.3. The van der Waals surface area contributed by atoms with Crippen molar-refractivity contribution in [2.75, 3.05) is 0 Å². The second kappa shape index (κ2) is 8.02. The zero-order valence-electron chi connectivity index (χ0n) is 16.1. The molecule has 5 heteroatoms. The quantitative estimate of drug-likeness (QED) is 0.257. The molecular weight excluding hydrogens is 387 g/mol. The highest BCUT2D eigenvalue weighted by atomic mass is 32.2. The van der Waals surface area contributed by atoms with Crippen molar-refractivity contribution >= 4 is 33.3 Å². The van der Waals surface area contributed by atoms with Crippen LogP contribution in [0.5, 0.6) is 0 Å². The zero-order valence-corrected chi connectivity index (χ0v) is 17.7. The molecule has 0 N–H and O–H groups in total. The molecule has 142 valence electrons. The van der Waals surface area contributed by atoms with Gasteiger partial charge in [0.25, 0.3) is 0 Å². The average molecular weight is 409 g/mol. The second-order valence-corrected chi connectivity index (χ2v) is 9.25. The van der Waals surface area contributed by atoms with Crippen LogP contribution in [0.15, 0.2) is 59.9 Å². The fraction of sp³-hybridized carbons (Fsp3) is 0.217. The zero-order chi connectivity index (χ0) is 19.7. The first-order valence-corrected chi connectivity index (χ1v) is 11.0. The third-order valence-corrected chi connectivity index (χ3v) is 6.83. The highest BCUT2D eigenvalue weighted by Gasteiger charge is 2.17. The lowest BCUT2D eigenvalue weighted by Crippen LogP contribution is -1.90. The Bertz CT molecular complexity index is 1120.